The first-order valence-corrected chi connectivity index (χ1v) is 7.47. The number of nitrogens with zero attached hydrogens (tertiary/aromatic N) is 1. The van der Waals surface area contributed by atoms with Crippen LogP contribution < -0.4 is 9.47 Å². The van der Waals surface area contributed by atoms with Gasteiger partial charge in [0.25, 0.3) is 0 Å². The second-order valence-electron chi connectivity index (χ2n) is 4.72. The van der Waals surface area contributed by atoms with Crippen molar-refractivity contribution < 1.29 is 19.0 Å². The van der Waals surface area contributed by atoms with Crippen LogP contribution in [0.4, 0.5) is 0 Å². The maximum Gasteiger partial charge on any atom is 0.307 e. The zero-order valence-electron chi connectivity index (χ0n) is 13.1. The summed E-state index contributed by atoms with van der Waals surface area (Å²) in [6, 6.07) is 3.61. The summed E-state index contributed by atoms with van der Waals surface area (Å²) >= 11 is 3.53. The number of ether oxygens (including phenoxy) is 3. The van der Waals surface area contributed by atoms with Gasteiger partial charge in [-0.15, -0.1) is 0 Å². The van der Waals surface area contributed by atoms with Crippen LogP contribution in [0.2, 0.25) is 0 Å². The van der Waals surface area contributed by atoms with Gasteiger partial charge in [0, 0.05) is 10.5 Å². The summed E-state index contributed by atoms with van der Waals surface area (Å²) in [5, 5.41) is 0. The van der Waals surface area contributed by atoms with Crippen LogP contribution in [0.15, 0.2) is 16.6 Å². The van der Waals surface area contributed by atoms with Gasteiger partial charge in [-0.25, -0.2) is 0 Å². The third-order valence-corrected chi connectivity index (χ3v) is 3.84. The number of rotatable bonds is 7. The van der Waals surface area contributed by atoms with Gasteiger partial charge in [0.1, 0.15) is 0 Å². The smallest absolute Gasteiger partial charge is 0.307 e. The van der Waals surface area contributed by atoms with Crippen molar-refractivity contribution in [2.24, 2.45) is 0 Å². The molecule has 0 N–H and O–H groups in total. The van der Waals surface area contributed by atoms with Gasteiger partial charge >= 0.3 is 5.97 Å². The van der Waals surface area contributed by atoms with E-state index in [1.165, 1.54) is 0 Å². The molecule has 0 amide bonds. The minimum absolute atomic E-state index is 0.113. The molecule has 1 rings (SSSR count). The van der Waals surface area contributed by atoms with E-state index < -0.39 is 0 Å². The number of benzene rings is 1. The fraction of sp³-hybridized carbons (Fsp3) is 0.533. The van der Waals surface area contributed by atoms with E-state index in [2.05, 4.69) is 15.9 Å². The molecule has 0 radical (unpaired) electrons. The predicted molar refractivity (Wildman–Crippen MR) is 84.9 cm³/mol. The van der Waals surface area contributed by atoms with Crippen molar-refractivity contribution in [3.05, 3.63) is 22.2 Å². The minimum atomic E-state index is -0.224. The Kier molecular flexibility index (Phi) is 6.98. The molecule has 0 heterocycles. The van der Waals surface area contributed by atoms with Crippen LogP contribution in [0.1, 0.15) is 24.9 Å². The Hall–Kier alpha value is -1.27. The van der Waals surface area contributed by atoms with Gasteiger partial charge in [0.2, 0.25) is 0 Å². The molecule has 0 bridgehead atoms. The third-order valence-electron chi connectivity index (χ3n) is 3.15. The van der Waals surface area contributed by atoms with Gasteiger partial charge in [-0.2, -0.15) is 0 Å². The SMILES string of the molecule is CCOC(=O)CC(c1cc(OC)c(OC)cc1Br)N(C)C. The van der Waals surface area contributed by atoms with Crippen LogP contribution in [0, 0.1) is 0 Å². The monoisotopic (exact) mass is 359 g/mol. The van der Waals surface area contributed by atoms with Crippen molar-refractivity contribution in [1.82, 2.24) is 4.90 Å². The first kappa shape index (κ1) is 17.8. The molecule has 6 heteroatoms. The lowest BCUT2D eigenvalue weighted by Gasteiger charge is -2.26. The number of carbonyl (C=O) groups excluding carboxylic acids is 1. The highest BCUT2D eigenvalue weighted by molar-refractivity contribution is 9.10. The van der Waals surface area contributed by atoms with Gasteiger partial charge < -0.3 is 19.1 Å². The summed E-state index contributed by atoms with van der Waals surface area (Å²) in [6.45, 7) is 2.18. The van der Waals surface area contributed by atoms with Crippen molar-refractivity contribution >= 4 is 21.9 Å². The average Bonchev–Trinajstić information content (AvgIpc) is 2.44. The van der Waals surface area contributed by atoms with Crippen LogP contribution in [0.3, 0.4) is 0 Å². The lowest BCUT2D eigenvalue weighted by molar-refractivity contribution is -0.144. The molecule has 5 nitrogen and oxygen atoms in total. The lowest BCUT2D eigenvalue weighted by Crippen LogP contribution is -2.24. The van der Waals surface area contributed by atoms with Crippen molar-refractivity contribution in [3.8, 4) is 11.5 Å². The number of methoxy groups -OCH3 is 2. The summed E-state index contributed by atoms with van der Waals surface area (Å²) < 4.78 is 16.5. The van der Waals surface area contributed by atoms with E-state index in [-0.39, 0.29) is 18.4 Å². The molecule has 0 fully saturated rings. The van der Waals surface area contributed by atoms with Gasteiger partial charge in [0.05, 0.1) is 27.2 Å². The molecule has 21 heavy (non-hydrogen) atoms. The Bertz CT molecular complexity index is 491. The van der Waals surface area contributed by atoms with E-state index in [0.29, 0.717) is 18.1 Å². The van der Waals surface area contributed by atoms with E-state index in [1.54, 1.807) is 21.1 Å². The van der Waals surface area contributed by atoms with Crippen LogP contribution in [-0.2, 0) is 9.53 Å². The summed E-state index contributed by atoms with van der Waals surface area (Å²) in [5.41, 5.74) is 0.950. The highest BCUT2D eigenvalue weighted by atomic mass is 79.9. The Morgan fingerprint density at radius 2 is 1.81 bits per heavy atom. The van der Waals surface area contributed by atoms with E-state index in [0.717, 1.165) is 10.0 Å². The highest BCUT2D eigenvalue weighted by Gasteiger charge is 2.23. The van der Waals surface area contributed by atoms with E-state index >= 15 is 0 Å². The van der Waals surface area contributed by atoms with Gasteiger partial charge in [-0.1, -0.05) is 15.9 Å². The molecule has 1 aromatic carbocycles. The largest absolute Gasteiger partial charge is 0.493 e. The van der Waals surface area contributed by atoms with E-state index in [9.17, 15) is 4.79 Å². The van der Waals surface area contributed by atoms with E-state index in [4.69, 9.17) is 14.2 Å². The molecular weight excluding hydrogens is 338 g/mol. The first-order chi connectivity index (χ1) is 9.94. The van der Waals surface area contributed by atoms with Gasteiger partial charge in [0.15, 0.2) is 11.5 Å². The number of hydrogen-bond acceptors (Lipinski definition) is 5. The Morgan fingerprint density at radius 3 is 2.29 bits per heavy atom. The van der Waals surface area contributed by atoms with Crippen LogP contribution in [-0.4, -0.2) is 45.8 Å². The number of hydrogen-bond donors (Lipinski definition) is 0. The number of esters is 1. The summed E-state index contributed by atoms with van der Waals surface area (Å²) in [6.07, 6.45) is 0.273. The molecule has 0 aliphatic rings. The quantitative estimate of drug-likeness (QED) is 0.700. The lowest BCUT2D eigenvalue weighted by atomic mass is 10.0. The molecule has 1 unspecified atom stereocenters. The molecule has 0 aromatic heterocycles. The minimum Gasteiger partial charge on any atom is -0.493 e. The number of carbonyl (C=O) groups is 1. The molecular formula is C15H22BrNO4. The van der Waals surface area contributed by atoms with Crippen molar-refractivity contribution in [2.75, 3.05) is 34.9 Å². The second-order valence-corrected chi connectivity index (χ2v) is 5.57. The summed E-state index contributed by atoms with van der Waals surface area (Å²) in [7, 11) is 7.03. The molecule has 0 saturated carbocycles. The van der Waals surface area contributed by atoms with Crippen molar-refractivity contribution in [3.63, 3.8) is 0 Å². The summed E-state index contributed by atoms with van der Waals surface area (Å²) in [5.74, 6) is 1.05. The maximum atomic E-state index is 11.8. The van der Waals surface area contributed by atoms with Gasteiger partial charge in [-0.05, 0) is 38.7 Å². The Morgan fingerprint density at radius 1 is 1.24 bits per heavy atom. The molecule has 0 saturated heterocycles. The van der Waals surface area contributed by atoms with Crippen LogP contribution in [0.5, 0.6) is 11.5 Å². The number of halogens is 1. The van der Waals surface area contributed by atoms with Crippen LogP contribution >= 0.6 is 15.9 Å². The maximum absolute atomic E-state index is 11.8. The third kappa shape index (κ3) is 4.61. The second kappa shape index (κ2) is 8.24. The highest BCUT2D eigenvalue weighted by Crippen LogP contribution is 2.38. The fourth-order valence-electron chi connectivity index (χ4n) is 2.07. The summed E-state index contributed by atoms with van der Waals surface area (Å²) in [4.78, 5) is 13.8. The Balaban J connectivity index is 3.16. The fourth-order valence-corrected chi connectivity index (χ4v) is 2.66. The molecule has 0 aliphatic heterocycles. The normalized spacial score (nSPS) is 12.1. The van der Waals surface area contributed by atoms with Crippen LogP contribution in [0.25, 0.3) is 0 Å². The molecule has 1 atom stereocenters. The first-order valence-electron chi connectivity index (χ1n) is 6.68. The standard InChI is InChI=1S/C15H22BrNO4/c1-6-21-15(18)9-12(17(2)3)10-7-13(19-4)14(20-5)8-11(10)16/h7-8,12H,6,9H2,1-5H3. The van der Waals surface area contributed by atoms with Crippen molar-refractivity contribution in [1.29, 1.82) is 0 Å². The molecule has 0 aliphatic carbocycles. The zero-order valence-corrected chi connectivity index (χ0v) is 14.7. The topological polar surface area (TPSA) is 48.0 Å². The molecule has 0 spiro atoms. The van der Waals surface area contributed by atoms with Crippen molar-refractivity contribution in [2.45, 2.75) is 19.4 Å². The van der Waals surface area contributed by atoms with E-state index in [1.807, 2.05) is 31.1 Å². The average molecular weight is 360 g/mol. The molecule has 1 aromatic rings. The molecule has 118 valence electrons. The predicted octanol–water partition coefficient (Wildman–Crippen LogP) is 3.02. The van der Waals surface area contributed by atoms with Gasteiger partial charge in [-0.3, -0.25) is 4.79 Å². The zero-order chi connectivity index (χ0) is 16.0. The Labute approximate surface area is 134 Å².